The third kappa shape index (κ3) is 2.11. The van der Waals surface area contributed by atoms with E-state index in [-0.39, 0.29) is 0 Å². The zero-order valence-electron chi connectivity index (χ0n) is 9.82. The number of aromatic nitrogens is 1. The molecule has 1 aliphatic heterocycles. The van der Waals surface area contributed by atoms with Crippen LogP contribution in [0.4, 0.5) is 5.82 Å². The van der Waals surface area contributed by atoms with Crippen LogP contribution in [0, 0.1) is 17.2 Å². The van der Waals surface area contributed by atoms with Gasteiger partial charge in [-0.1, -0.05) is 0 Å². The molecule has 2 N–H and O–H groups in total. The lowest BCUT2D eigenvalue weighted by Gasteiger charge is -2.28. The van der Waals surface area contributed by atoms with Crippen molar-refractivity contribution in [2.24, 2.45) is 5.92 Å². The number of anilines is 1. The summed E-state index contributed by atoms with van der Waals surface area (Å²) in [5, 5.41) is 8.96. The average molecular weight is 228 g/mol. The maximum atomic E-state index is 8.96. The number of hydrogen-bond acceptors (Lipinski definition) is 4. The second-order valence-corrected chi connectivity index (χ2v) is 5.07. The molecule has 0 radical (unpaired) electrons. The van der Waals surface area contributed by atoms with Crippen LogP contribution in [-0.4, -0.2) is 23.0 Å². The highest BCUT2D eigenvalue weighted by molar-refractivity contribution is 5.51. The van der Waals surface area contributed by atoms with Crippen molar-refractivity contribution in [1.29, 1.82) is 5.26 Å². The first kappa shape index (κ1) is 10.5. The van der Waals surface area contributed by atoms with E-state index >= 15 is 0 Å². The molecule has 2 heterocycles. The van der Waals surface area contributed by atoms with Crippen LogP contribution >= 0.6 is 0 Å². The number of nitrogens with zero attached hydrogens (tertiary/aromatic N) is 3. The summed E-state index contributed by atoms with van der Waals surface area (Å²) in [7, 11) is 0. The molecule has 1 aliphatic carbocycles. The maximum absolute atomic E-state index is 8.96. The second-order valence-electron chi connectivity index (χ2n) is 5.07. The molecule has 0 unspecified atom stereocenters. The quantitative estimate of drug-likeness (QED) is 0.828. The van der Waals surface area contributed by atoms with Crippen molar-refractivity contribution in [1.82, 2.24) is 9.88 Å². The Balaban J connectivity index is 1.82. The highest BCUT2D eigenvalue weighted by Crippen LogP contribution is 2.31. The standard InChI is InChI=1S/C13H16N4/c14-6-10-5-11-8-17(7-9-1-2-9)4-3-12(11)16-13(10)15/h5,9H,1-4,7-8H2,(H2,15,16). The molecule has 0 spiro atoms. The third-order valence-corrected chi connectivity index (χ3v) is 3.61. The lowest BCUT2D eigenvalue weighted by molar-refractivity contribution is 0.242. The van der Waals surface area contributed by atoms with Gasteiger partial charge in [0, 0.05) is 31.7 Å². The lowest BCUT2D eigenvalue weighted by atomic mass is 10.0. The van der Waals surface area contributed by atoms with Crippen LogP contribution in [0.1, 0.15) is 29.7 Å². The summed E-state index contributed by atoms with van der Waals surface area (Å²) in [5.74, 6) is 1.29. The zero-order chi connectivity index (χ0) is 11.8. The van der Waals surface area contributed by atoms with E-state index in [0.29, 0.717) is 11.4 Å². The van der Waals surface area contributed by atoms with E-state index < -0.39 is 0 Å². The van der Waals surface area contributed by atoms with E-state index in [1.807, 2.05) is 6.07 Å². The van der Waals surface area contributed by atoms with Crippen molar-refractivity contribution in [3.63, 3.8) is 0 Å². The number of fused-ring (bicyclic) bond motifs is 1. The molecule has 17 heavy (non-hydrogen) atoms. The monoisotopic (exact) mass is 228 g/mol. The molecule has 4 heteroatoms. The number of hydrogen-bond donors (Lipinski definition) is 1. The van der Waals surface area contributed by atoms with Crippen molar-refractivity contribution in [2.75, 3.05) is 18.8 Å². The minimum absolute atomic E-state index is 0.377. The van der Waals surface area contributed by atoms with Crippen molar-refractivity contribution in [3.8, 4) is 6.07 Å². The summed E-state index contributed by atoms with van der Waals surface area (Å²) >= 11 is 0. The molecule has 1 aromatic heterocycles. The molecule has 3 rings (SSSR count). The van der Waals surface area contributed by atoms with Gasteiger partial charge < -0.3 is 5.73 Å². The van der Waals surface area contributed by atoms with Crippen LogP contribution in [0.25, 0.3) is 0 Å². The van der Waals surface area contributed by atoms with Crippen LogP contribution in [0.3, 0.4) is 0 Å². The Hall–Kier alpha value is -1.60. The van der Waals surface area contributed by atoms with Crippen molar-refractivity contribution in [3.05, 3.63) is 22.9 Å². The Bertz CT molecular complexity index is 485. The highest BCUT2D eigenvalue weighted by atomic mass is 15.1. The minimum atomic E-state index is 0.377. The Kier molecular flexibility index (Phi) is 2.49. The molecular formula is C13H16N4. The summed E-state index contributed by atoms with van der Waals surface area (Å²) in [6, 6.07) is 4.02. The van der Waals surface area contributed by atoms with Gasteiger partial charge in [-0.2, -0.15) is 5.26 Å². The van der Waals surface area contributed by atoms with Crippen LogP contribution in [-0.2, 0) is 13.0 Å². The first-order valence-electron chi connectivity index (χ1n) is 6.17. The van der Waals surface area contributed by atoms with Crippen LogP contribution in [0.2, 0.25) is 0 Å². The molecule has 0 aromatic carbocycles. The van der Waals surface area contributed by atoms with Gasteiger partial charge in [0.1, 0.15) is 11.9 Å². The molecule has 1 fully saturated rings. The van der Waals surface area contributed by atoms with Gasteiger partial charge in [0.25, 0.3) is 0 Å². The number of nitrogens with two attached hydrogens (primary N) is 1. The van der Waals surface area contributed by atoms with E-state index in [1.165, 1.54) is 24.9 Å². The first-order valence-corrected chi connectivity index (χ1v) is 6.17. The summed E-state index contributed by atoms with van der Waals surface area (Å²) in [6.07, 6.45) is 3.72. The number of pyridine rings is 1. The number of nitrogen functional groups attached to an aromatic ring is 1. The molecule has 1 aromatic rings. The van der Waals surface area contributed by atoms with Crippen LogP contribution < -0.4 is 5.73 Å². The van der Waals surface area contributed by atoms with Gasteiger partial charge in [-0.3, -0.25) is 4.90 Å². The van der Waals surface area contributed by atoms with Gasteiger partial charge in [-0.05, 0) is 30.4 Å². The summed E-state index contributed by atoms with van der Waals surface area (Å²) in [6.45, 7) is 3.20. The van der Waals surface area contributed by atoms with Crippen LogP contribution in [0.5, 0.6) is 0 Å². The van der Waals surface area contributed by atoms with Crippen molar-refractivity contribution < 1.29 is 0 Å². The summed E-state index contributed by atoms with van der Waals surface area (Å²) in [5.41, 5.74) is 8.50. The van der Waals surface area contributed by atoms with Gasteiger partial charge in [-0.25, -0.2) is 4.98 Å². The highest BCUT2D eigenvalue weighted by Gasteiger charge is 2.27. The first-order chi connectivity index (χ1) is 8.26. The predicted octanol–water partition coefficient (Wildman–Crippen LogP) is 1.30. The van der Waals surface area contributed by atoms with Gasteiger partial charge in [0.15, 0.2) is 0 Å². The molecule has 1 saturated carbocycles. The third-order valence-electron chi connectivity index (χ3n) is 3.61. The molecule has 2 aliphatic rings. The molecule has 0 saturated heterocycles. The maximum Gasteiger partial charge on any atom is 0.141 e. The van der Waals surface area contributed by atoms with Gasteiger partial charge in [0.05, 0.1) is 5.56 Å². The Morgan fingerprint density at radius 1 is 1.53 bits per heavy atom. The van der Waals surface area contributed by atoms with Crippen LogP contribution in [0.15, 0.2) is 6.07 Å². The van der Waals surface area contributed by atoms with E-state index in [1.54, 1.807) is 0 Å². The molecule has 0 amide bonds. The Morgan fingerprint density at radius 2 is 2.35 bits per heavy atom. The van der Waals surface area contributed by atoms with E-state index in [4.69, 9.17) is 11.0 Å². The molecule has 0 bridgehead atoms. The van der Waals surface area contributed by atoms with E-state index in [2.05, 4.69) is 16.0 Å². The van der Waals surface area contributed by atoms with Crippen molar-refractivity contribution in [2.45, 2.75) is 25.8 Å². The number of nitriles is 1. The van der Waals surface area contributed by atoms with Gasteiger partial charge >= 0.3 is 0 Å². The largest absolute Gasteiger partial charge is 0.383 e. The minimum Gasteiger partial charge on any atom is -0.383 e. The van der Waals surface area contributed by atoms with Crippen molar-refractivity contribution >= 4 is 5.82 Å². The smallest absolute Gasteiger partial charge is 0.141 e. The fraction of sp³-hybridized carbons (Fsp3) is 0.538. The molecular weight excluding hydrogens is 212 g/mol. The Labute approximate surface area is 101 Å². The lowest BCUT2D eigenvalue weighted by Crippen LogP contribution is -2.33. The Morgan fingerprint density at radius 3 is 3.06 bits per heavy atom. The molecule has 0 atom stereocenters. The normalized spacial score (nSPS) is 19.7. The molecule has 88 valence electrons. The van der Waals surface area contributed by atoms with E-state index in [0.717, 1.165) is 31.1 Å². The zero-order valence-corrected chi connectivity index (χ0v) is 9.82. The SMILES string of the molecule is N#Cc1cc2c(nc1N)CCN(CC1CC1)C2. The molecule has 4 nitrogen and oxygen atoms in total. The fourth-order valence-electron chi connectivity index (χ4n) is 2.46. The van der Waals surface area contributed by atoms with Gasteiger partial charge in [-0.15, -0.1) is 0 Å². The average Bonchev–Trinajstić information content (AvgIpc) is 3.12. The number of rotatable bonds is 2. The fourth-order valence-corrected chi connectivity index (χ4v) is 2.46. The summed E-state index contributed by atoms with van der Waals surface area (Å²) < 4.78 is 0. The van der Waals surface area contributed by atoms with E-state index in [9.17, 15) is 0 Å². The summed E-state index contributed by atoms with van der Waals surface area (Å²) in [4.78, 5) is 6.81. The predicted molar refractivity (Wildman–Crippen MR) is 65.1 cm³/mol. The topological polar surface area (TPSA) is 65.9 Å². The van der Waals surface area contributed by atoms with Gasteiger partial charge in [0.2, 0.25) is 0 Å². The second kappa shape index (κ2) is 4.01.